The highest BCUT2D eigenvalue weighted by atomic mass is 16.6. The largest absolute Gasteiger partial charge is 0.448 e. The number of anilines is 1. The van der Waals surface area contributed by atoms with E-state index in [4.69, 9.17) is 4.74 Å². The van der Waals surface area contributed by atoms with Crippen LogP contribution in [-0.4, -0.2) is 73.1 Å². The van der Waals surface area contributed by atoms with E-state index in [9.17, 15) is 19.6 Å². The summed E-state index contributed by atoms with van der Waals surface area (Å²) >= 11 is 0. The molecule has 0 bridgehead atoms. The van der Waals surface area contributed by atoms with Gasteiger partial charge in [0.25, 0.3) is 11.8 Å². The van der Waals surface area contributed by atoms with E-state index in [1.165, 1.54) is 29.3 Å². The van der Waals surface area contributed by atoms with Gasteiger partial charge in [0.15, 0.2) is 6.19 Å². The molecule has 9 nitrogen and oxygen atoms in total. The first kappa shape index (κ1) is 29.2. The fraction of sp³-hybridized carbons (Fsp3) is 0.371. The number of benzene rings is 3. The van der Waals surface area contributed by atoms with Gasteiger partial charge in [-0.05, 0) is 59.4 Å². The van der Waals surface area contributed by atoms with Gasteiger partial charge >= 0.3 is 6.09 Å². The second-order valence-corrected chi connectivity index (χ2v) is 11.9. The number of rotatable bonds is 6. The minimum Gasteiger partial charge on any atom is -0.448 e. The van der Waals surface area contributed by atoms with E-state index in [0.29, 0.717) is 51.2 Å². The number of hydrogen-bond donors (Lipinski definition) is 1. The Balaban J connectivity index is 1.03. The quantitative estimate of drug-likeness (QED) is 0.315. The van der Waals surface area contributed by atoms with Gasteiger partial charge in [-0.15, -0.1) is 0 Å². The SMILES string of the molecule is CN(C#N)C(=O)C1(NC(=O)c2ccc(N3CCN(C(=O)OCC4c5ccccc5-c5ccccc54)CC3)cc2)CCCCC1. The zero-order chi connectivity index (χ0) is 30.7. The van der Waals surface area contributed by atoms with Gasteiger partial charge in [0, 0.05) is 50.4 Å². The van der Waals surface area contributed by atoms with Crippen molar-refractivity contribution in [1.29, 1.82) is 5.26 Å². The summed E-state index contributed by atoms with van der Waals surface area (Å²) in [5.74, 6) is -0.654. The molecule has 0 unspecified atom stereocenters. The monoisotopic (exact) mass is 591 g/mol. The first-order chi connectivity index (χ1) is 21.4. The molecule has 44 heavy (non-hydrogen) atoms. The third kappa shape index (κ3) is 5.60. The molecule has 3 aliphatic rings. The summed E-state index contributed by atoms with van der Waals surface area (Å²) in [4.78, 5) is 44.2. The highest BCUT2D eigenvalue weighted by molar-refractivity contribution is 5.99. The third-order valence-corrected chi connectivity index (χ3v) is 9.29. The number of ether oxygens (including phenoxy) is 1. The lowest BCUT2D eigenvalue weighted by Crippen LogP contribution is -2.59. The Hall–Kier alpha value is -4.84. The van der Waals surface area contributed by atoms with Gasteiger partial charge in [-0.2, -0.15) is 5.26 Å². The normalized spacial score (nSPS) is 17.2. The van der Waals surface area contributed by atoms with Gasteiger partial charge in [0.2, 0.25) is 0 Å². The van der Waals surface area contributed by atoms with Crippen molar-refractivity contribution in [2.45, 2.75) is 43.6 Å². The van der Waals surface area contributed by atoms with Crippen molar-refractivity contribution < 1.29 is 19.1 Å². The Labute approximate surface area is 258 Å². The molecule has 1 aliphatic heterocycles. The number of nitrogens with zero attached hydrogens (tertiary/aromatic N) is 4. The molecule has 6 rings (SSSR count). The maximum absolute atomic E-state index is 13.2. The van der Waals surface area contributed by atoms with E-state index in [1.54, 1.807) is 17.0 Å². The van der Waals surface area contributed by atoms with E-state index in [2.05, 4.69) is 34.5 Å². The van der Waals surface area contributed by atoms with Crippen LogP contribution in [-0.2, 0) is 9.53 Å². The average Bonchev–Trinajstić information content (AvgIpc) is 3.40. The van der Waals surface area contributed by atoms with Crippen molar-refractivity contribution in [2.75, 3.05) is 44.7 Å². The molecule has 3 aromatic rings. The van der Waals surface area contributed by atoms with Crippen molar-refractivity contribution >= 4 is 23.6 Å². The van der Waals surface area contributed by atoms with Crippen LogP contribution in [0.15, 0.2) is 72.8 Å². The van der Waals surface area contributed by atoms with Crippen LogP contribution in [0.25, 0.3) is 11.1 Å². The van der Waals surface area contributed by atoms with Crippen molar-refractivity contribution in [3.05, 3.63) is 89.5 Å². The maximum Gasteiger partial charge on any atom is 0.409 e. The molecule has 2 fully saturated rings. The number of nitrogens with one attached hydrogen (secondary N) is 1. The topological polar surface area (TPSA) is 106 Å². The number of likely N-dealkylation sites (N-methyl/N-ethyl adjacent to an activating group) is 1. The Morgan fingerprint density at radius 1 is 0.886 bits per heavy atom. The highest BCUT2D eigenvalue weighted by Gasteiger charge is 2.43. The first-order valence-corrected chi connectivity index (χ1v) is 15.4. The predicted molar refractivity (Wildman–Crippen MR) is 167 cm³/mol. The minimum atomic E-state index is -1.05. The van der Waals surface area contributed by atoms with Gasteiger partial charge in [-0.1, -0.05) is 67.8 Å². The summed E-state index contributed by atoms with van der Waals surface area (Å²) in [6.07, 6.45) is 5.28. The predicted octanol–water partition coefficient (Wildman–Crippen LogP) is 5.13. The molecule has 0 radical (unpaired) electrons. The number of fused-ring (bicyclic) bond motifs is 3. The average molecular weight is 592 g/mol. The first-order valence-electron chi connectivity index (χ1n) is 15.4. The Kier molecular flexibility index (Phi) is 8.25. The second kappa shape index (κ2) is 12.4. The van der Waals surface area contributed by atoms with E-state index in [-0.39, 0.29) is 23.8 Å². The summed E-state index contributed by atoms with van der Waals surface area (Å²) in [5, 5.41) is 12.2. The van der Waals surface area contributed by atoms with Crippen molar-refractivity contribution in [2.24, 2.45) is 0 Å². The molecule has 1 N–H and O–H groups in total. The molecule has 0 aromatic heterocycles. The molecule has 9 heteroatoms. The number of hydrogen-bond acceptors (Lipinski definition) is 6. The molecule has 226 valence electrons. The molecular weight excluding hydrogens is 554 g/mol. The number of amides is 3. The van der Waals surface area contributed by atoms with Crippen LogP contribution in [0, 0.1) is 11.5 Å². The number of carbonyl (C=O) groups is 3. The van der Waals surface area contributed by atoms with Gasteiger partial charge in [0.05, 0.1) is 0 Å². The molecule has 3 amide bonds. The molecule has 3 aromatic carbocycles. The summed E-state index contributed by atoms with van der Waals surface area (Å²) < 4.78 is 5.85. The molecular formula is C35H37N5O4. The van der Waals surface area contributed by atoms with Crippen LogP contribution in [0.2, 0.25) is 0 Å². The zero-order valence-corrected chi connectivity index (χ0v) is 25.0. The molecule has 2 aliphatic carbocycles. The van der Waals surface area contributed by atoms with Gasteiger partial charge in [-0.3, -0.25) is 14.5 Å². The van der Waals surface area contributed by atoms with Crippen LogP contribution >= 0.6 is 0 Å². The lowest BCUT2D eigenvalue weighted by Gasteiger charge is -2.37. The van der Waals surface area contributed by atoms with Crippen LogP contribution in [0.3, 0.4) is 0 Å². The number of nitriles is 1. The van der Waals surface area contributed by atoms with Gasteiger partial charge in [-0.25, -0.2) is 4.79 Å². The van der Waals surface area contributed by atoms with Gasteiger partial charge < -0.3 is 19.9 Å². The Morgan fingerprint density at radius 2 is 1.48 bits per heavy atom. The molecule has 1 saturated heterocycles. The summed E-state index contributed by atoms with van der Waals surface area (Å²) in [6, 6.07) is 23.9. The van der Waals surface area contributed by atoms with E-state index < -0.39 is 5.54 Å². The molecule has 0 atom stereocenters. The highest BCUT2D eigenvalue weighted by Crippen LogP contribution is 2.44. The minimum absolute atomic E-state index is 0.0294. The van der Waals surface area contributed by atoms with Crippen molar-refractivity contribution in [3.63, 3.8) is 0 Å². The zero-order valence-electron chi connectivity index (χ0n) is 25.0. The van der Waals surface area contributed by atoms with Crippen LogP contribution < -0.4 is 10.2 Å². The summed E-state index contributed by atoms with van der Waals surface area (Å²) in [6.45, 7) is 2.67. The fourth-order valence-electron chi connectivity index (χ4n) is 6.86. The van der Waals surface area contributed by atoms with Crippen LogP contribution in [0.5, 0.6) is 0 Å². The Bertz CT molecular complexity index is 1540. The number of carbonyl (C=O) groups excluding carboxylic acids is 3. The summed E-state index contributed by atoms with van der Waals surface area (Å²) in [5.41, 5.74) is 5.17. The Morgan fingerprint density at radius 3 is 2.07 bits per heavy atom. The third-order valence-electron chi connectivity index (χ3n) is 9.29. The number of piperazine rings is 1. The van der Waals surface area contributed by atoms with Crippen LogP contribution in [0.4, 0.5) is 10.5 Å². The van der Waals surface area contributed by atoms with Gasteiger partial charge in [0.1, 0.15) is 12.1 Å². The molecule has 1 saturated carbocycles. The van der Waals surface area contributed by atoms with E-state index in [1.807, 2.05) is 42.6 Å². The van der Waals surface area contributed by atoms with E-state index >= 15 is 0 Å². The molecule has 0 spiro atoms. The van der Waals surface area contributed by atoms with Crippen LogP contribution in [0.1, 0.15) is 59.5 Å². The van der Waals surface area contributed by atoms with Crippen molar-refractivity contribution in [1.82, 2.24) is 15.1 Å². The smallest absolute Gasteiger partial charge is 0.409 e. The lowest BCUT2D eigenvalue weighted by atomic mass is 9.80. The van der Waals surface area contributed by atoms with Crippen molar-refractivity contribution in [3.8, 4) is 17.3 Å². The van der Waals surface area contributed by atoms with E-state index in [0.717, 1.165) is 29.8 Å². The second-order valence-electron chi connectivity index (χ2n) is 11.9. The standard InChI is InChI=1S/C35H37N5O4/c1-38(24-36)33(42)35(17-7-2-8-18-35)37-32(41)25-13-15-26(16-14-25)39-19-21-40(22-20-39)34(43)44-23-31-29-11-5-3-9-27(29)28-10-4-6-12-30(28)31/h3-6,9-16,31H,2,7-8,17-23H2,1H3,(H,37,41). The lowest BCUT2D eigenvalue weighted by molar-refractivity contribution is -0.135. The fourth-order valence-corrected chi connectivity index (χ4v) is 6.86. The molecule has 1 heterocycles. The summed E-state index contributed by atoms with van der Waals surface area (Å²) in [7, 11) is 1.44. The maximum atomic E-state index is 13.2.